The van der Waals surface area contributed by atoms with Crippen LogP contribution in [0.4, 0.5) is 15.8 Å². The van der Waals surface area contributed by atoms with Crippen molar-refractivity contribution in [3.05, 3.63) is 54.3 Å². The van der Waals surface area contributed by atoms with Crippen molar-refractivity contribution < 1.29 is 22.3 Å². The highest BCUT2D eigenvalue weighted by atomic mass is 32.2. The molecule has 0 radical (unpaired) electrons. The summed E-state index contributed by atoms with van der Waals surface area (Å²) in [7, 11) is 0.257. The SMILES string of the molecule is COc1ccc(N2CCN(C(=O)CN(c3ccccc3F)S(=O)(=O)N(C)C)CC2)cc1. The molecule has 1 aliphatic rings. The molecule has 0 N–H and O–H groups in total. The van der Waals surface area contributed by atoms with Crippen LogP contribution >= 0.6 is 0 Å². The second kappa shape index (κ2) is 9.52. The molecule has 31 heavy (non-hydrogen) atoms. The maximum Gasteiger partial charge on any atom is 0.304 e. The zero-order valence-electron chi connectivity index (χ0n) is 17.9. The van der Waals surface area contributed by atoms with Gasteiger partial charge in [-0.2, -0.15) is 12.7 Å². The van der Waals surface area contributed by atoms with Crippen molar-refractivity contribution in [3.63, 3.8) is 0 Å². The number of hydrogen-bond donors (Lipinski definition) is 0. The second-order valence-electron chi connectivity index (χ2n) is 7.31. The molecule has 3 rings (SSSR count). The Morgan fingerprint density at radius 2 is 1.65 bits per heavy atom. The molecule has 0 aliphatic carbocycles. The van der Waals surface area contributed by atoms with E-state index in [1.54, 1.807) is 12.0 Å². The Hall–Kier alpha value is -2.85. The number of nitrogens with zero attached hydrogens (tertiary/aromatic N) is 4. The minimum Gasteiger partial charge on any atom is -0.497 e. The van der Waals surface area contributed by atoms with E-state index in [4.69, 9.17) is 4.74 Å². The monoisotopic (exact) mass is 450 g/mol. The summed E-state index contributed by atoms with van der Waals surface area (Å²) in [6.07, 6.45) is 0. The third kappa shape index (κ3) is 5.08. The van der Waals surface area contributed by atoms with Gasteiger partial charge in [0.1, 0.15) is 18.1 Å². The van der Waals surface area contributed by atoms with Gasteiger partial charge in [0.15, 0.2) is 0 Å². The van der Waals surface area contributed by atoms with Crippen LogP contribution in [-0.2, 0) is 15.0 Å². The average Bonchev–Trinajstić information content (AvgIpc) is 2.78. The van der Waals surface area contributed by atoms with Gasteiger partial charge in [0, 0.05) is 46.0 Å². The van der Waals surface area contributed by atoms with E-state index in [1.807, 2.05) is 24.3 Å². The smallest absolute Gasteiger partial charge is 0.304 e. The van der Waals surface area contributed by atoms with E-state index in [-0.39, 0.29) is 11.6 Å². The number of rotatable bonds is 7. The Morgan fingerprint density at radius 3 is 2.19 bits per heavy atom. The fourth-order valence-electron chi connectivity index (χ4n) is 3.37. The van der Waals surface area contributed by atoms with Gasteiger partial charge >= 0.3 is 10.2 Å². The Bertz CT molecular complexity index is 1010. The molecule has 168 valence electrons. The van der Waals surface area contributed by atoms with Crippen LogP contribution < -0.4 is 13.9 Å². The summed E-state index contributed by atoms with van der Waals surface area (Å²) >= 11 is 0. The number of carbonyl (C=O) groups excluding carboxylic acids is 1. The molecular weight excluding hydrogens is 423 g/mol. The topological polar surface area (TPSA) is 73.4 Å². The zero-order valence-corrected chi connectivity index (χ0v) is 18.7. The van der Waals surface area contributed by atoms with E-state index < -0.39 is 22.6 Å². The molecule has 1 saturated heterocycles. The number of benzene rings is 2. The maximum atomic E-state index is 14.4. The quantitative estimate of drug-likeness (QED) is 0.643. The summed E-state index contributed by atoms with van der Waals surface area (Å²) < 4.78 is 46.9. The minimum atomic E-state index is -4.05. The first kappa shape index (κ1) is 22.8. The highest BCUT2D eigenvalue weighted by Gasteiger charge is 2.31. The summed E-state index contributed by atoms with van der Waals surface area (Å²) in [5.74, 6) is -0.305. The fourth-order valence-corrected chi connectivity index (χ4v) is 4.44. The van der Waals surface area contributed by atoms with Crippen LogP contribution in [0.25, 0.3) is 0 Å². The van der Waals surface area contributed by atoms with E-state index in [0.29, 0.717) is 26.2 Å². The summed E-state index contributed by atoms with van der Waals surface area (Å²) in [5.41, 5.74) is 0.873. The number of hydrogen-bond acceptors (Lipinski definition) is 5. The van der Waals surface area contributed by atoms with Crippen molar-refractivity contribution in [1.29, 1.82) is 0 Å². The highest BCUT2D eigenvalue weighted by Crippen LogP contribution is 2.24. The lowest BCUT2D eigenvalue weighted by Crippen LogP contribution is -2.53. The van der Waals surface area contributed by atoms with Crippen molar-refractivity contribution in [2.24, 2.45) is 0 Å². The van der Waals surface area contributed by atoms with E-state index in [2.05, 4.69) is 4.90 Å². The molecule has 10 heteroatoms. The zero-order chi connectivity index (χ0) is 22.6. The molecule has 1 fully saturated rings. The first-order chi connectivity index (χ1) is 14.7. The van der Waals surface area contributed by atoms with Gasteiger partial charge < -0.3 is 14.5 Å². The van der Waals surface area contributed by atoms with Gasteiger partial charge in [-0.15, -0.1) is 0 Å². The number of ether oxygens (including phenoxy) is 1. The maximum absolute atomic E-state index is 14.4. The molecule has 0 saturated carbocycles. The van der Waals surface area contributed by atoms with E-state index >= 15 is 0 Å². The van der Waals surface area contributed by atoms with Crippen molar-refractivity contribution in [2.45, 2.75) is 0 Å². The van der Waals surface area contributed by atoms with Gasteiger partial charge in [-0.05, 0) is 36.4 Å². The first-order valence-corrected chi connectivity index (χ1v) is 11.2. The van der Waals surface area contributed by atoms with Crippen molar-refractivity contribution in [1.82, 2.24) is 9.21 Å². The third-order valence-corrected chi connectivity index (χ3v) is 7.02. The Morgan fingerprint density at radius 1 is 1.03 bits per heavy atom. The second-order valence-corrected chi connectivity index (χ2v) is 9.38. The molecule has 0 atom stereocenters. The van der Waals surface area contributed by atoms with E-state index in [9.17, 15) is 17.6 Å². The number of amides is 1. The van der Waals surface area contributed by atoms with E-state index in [0.717, 1.165) is 20.0 Å². The lowest BCUT2D eigenvalue weighted by atomic mass is 10.2. The van der Waals surface area contributed by atoms with Gasteiger partial charge in [-0.1, -0.05) is 12.1 Å². The van der Waals surface area contributed by atoms with Crippen LogP contribution in [0.5, 0.6) is 5.75 Å². The van der Waals surface area contributed by atoms with Gasteiger partial charge in [0.25, 0.3) is 0 Å². The summed E-state index contributed by atoms with van der Waals surface area (Å²) in [4.78, 5) is 16.7. The number of piperazine rings is 1. The van der Waals surface area contributed by atoms with Crippen molar-refractivity contribution in [3.8, 4) is 5.75 Å². The van der Waals surface area contributed by atoms with Gasteiger partial charge in [-0.25, -0.2) is 8.70 Å². The number of methoxy groups -OCH3 is 1. The van der Waals surface area contributed by atoms with Crippen molar-refractivity contribution in [2.75, 3.05) is 63.1 Å². The van der Waals surface area contributed by atoms with Gasteiger partial charge in [0.2, 0.25) is 5.91 Å². The molecule has 2 aromatic rings. The number of halogens is 1. The minimum absolute atomic E-state index is 0.151. The highest BCUT2D eigenvalue weighted by molar-refractivity contribution is 7.90. The molecule has 8 nitrogen and oxygen atoms in total. The lowest BCUT2D eigenvalue weighted by Gasteiger charge is -2.37. The summed E-state index contributed by atoms with van der Waals surface area (Å²) in [6, 6.07) is 13.2. The van der Waals surface area contributed by atoms with Crippen LogP contribution in [0.3, 0.4) is 0 Å². The average molecular weight is 451 g/mol. The fraction of sp³-hybridized carbons (Fsp3) is 0.381. The normalized spacial score (nSPS) is 14.6. The lowest BCUT2D eigenvalue weighted by molar-refractivity contribution is -0.129. The van der Waals surface area contributed by atoms with E-state index in [1.165, 1.54) is 38.4 Å². The van der Waals surface area contributed by atoms with Crippen LogP contribution in [0.1, 0.15) is 0 Å². The molecule has 0 bridgehead atoms. The molecule has 1 aliphatic heterocycles. The van der Waals surface area contributed by atoms with Crippen LogP contribution in [0, 0.1) is 5.82 Å². The Balaban J connectivity index is 1.70. The molecule has 1 heterocycles. The summed E-state index contributed by atoms with van der Waals surface area (Å²) in [5, 5.41) is 0. The Kier molecular flexibility index (Phi) is 7.01. The predicted octanol–water partition coefficient (Wildman–Crippen LogP) is 1.80. The van der Waals surface area contributed by atoms with Gasteiger partial charge in [-0.3, -0.25) is 4.79 Å². The third-order valence-electron chi connectivity index (χ3n) is 5.21. The first-order valence-electron chi connectivity index (χ1n) is 9.85. The largest absolute Gasteiger partial charge is 0.497 e. The summed E-state index contributed by atoms with van der Waals surface area (Å²) in [6.45, 7) is 1.64. The number of anilines is 2. The molecule has 0 unspecified atom stereocenters. The predicted molar refractivity (Wildman–Crippen MR) is 118 cm³/mol. The van der Waals surface area contributed by atoms with Gasteiger partial charge in [0.05, 0.1) is 12.8 Å². The van der Waals surface area contributed by atoms with Crippen LogP contribution in [-0.4, -0.2) is 77.5 Å². The van der Waals surface area contributed by atoms with Crippen LogP contribution in [0.2, 0.25) is 0 Å². The van der Waals surface area contributed by atoms with Crippen LogP contribution in [0.15, 0.2) is 48.5 Å². The molecule has 0 aromatic heterocycles. The number of para-hydroxylation sites is 1. The molecule has 0 spiro atoms. The molecule has 1 amide bonds. The van der Waals surface area contributed by atoms with Crippen molar-refractivity contribution >= 4 is 27.5 Å². The standard InChI is InChI=1S/C21H27FN4O4S/c1-23(2)31(28,29)26(20-7-5-4-6-19(20)22)16-21(27)25-14-12-24(13-15-25)17-8-10-18(30-3)11-9-17/h4-11H,12-16H2,1-3H3. The molecular formula is C21H27FN4O4S. The number of carbonyl (C=O) groups is 1. The Labute approximate surface area is 182 Å². The molecule has 2 aromatic carbocycles.